The van der Waals surface area contributed by atoms with Crippen molar-refractivity contribution in [1.29, 1.82) is 0 Å². The Morgan fingerprint density at radius 2 is 1.78 bits per heavy atom. The Morgan fingerprint density at radius 3 is 2.39 bits per heavy atom. The molecule has 1 heterocycles. The van der Waals surface area contributed by atoms with Gasteiger partial charge in [0.05, 0.1) is 13.2 Å². The van der Waals surface area contributed by atoms with E-state index in [4.69, 9.17) is 32.7 Å². The van der Waals surface area contributed by atoms with Crippen molar-refractivity contribution in [3.05, 3.63) is 22.7 Å². The largest absolute Gasteiger partial charge is 0.490 e. The van der Waals surface area contributed by atoms with Gasteiger partial charge in [0.25, 0.3) is 0 Å². The van der Waals surface area contributed by atoms with Gasteiger partial charge in [0, 0.05) is 23.4 Å². The normalized spacial score (nSPS) is 15.3. The van der Waals surface area contributed by atoms with Gasteiger partial charge in [-0.25, -0.2) is 0 Å². The lowest BCUT2D eigenvalue weighted by atomic mass is 9.82. The number of fused-ring (bicyclic) bond motifs is 1. The second-order valence-corrected chi connectivity index (χ2v) is 5.94. The molecule has 1 aromatic rings. The van der Waals surface area contributed by atoms with Gasteiger partial charge in [-0.1, -0.05) is 25.4 Å². The summed E-state index contributed by atoms with van der Waals surface area (Å²) in [7, 11) is 0. The van der Waals surface area contributed by atoms with E-state index in [0.717, 1.165) is 34.9 Å². The van der Waals surface area contributed by atoms with Crippen LogP contribution in [0.25, 0.3) is 0 Å². The highest BCUT2D eigenvalue weighted by Gasteiger charge is 2.25. The van der Waals surface area contributed by atoms with Crippen LogP contribution < -0.4 is 9.47 Å². The lowest BCUT2D eigenvalue weighted by Gasteiger charge is -2.26. The molecule has 0 radical (unpaired) electrons. The van der Waals surface area contributed by atoms with Gasteiger partial charge in [0.1, 0.15) is 0 Å². The number of hydrogen-bond donors (Lipinski definition) is 0. The first kappa shape index (κ1) is 13.8. The van der Waals surface area contributed by atoms with Crippen molar-refractivity contribution in [1.82, 2.24) is 0 Å². The van der Waals surface area contributed by atoms with E-state index >= 15 is 0 Å². The number of ether oxygens (including phenoxy) is 2. The van der Waals surface area contributed by atoms with Crippen molar-refractivity contribution in [3.63, 3.8) is 0 Å². The molecular formula is C14H18Cl2O2. The van der Waals surface area contributed by atoms with Crippen LogP contribution in [0.1, 0.15) is 32.3 Å². The molecule has 0 saturated heterocycles. The monoisotopic (exact) mass is 288 g/mol. The molecule has 0 bridgehead atoms. The van der Waals surface area contributed by atoms with E-state index in [2.05, 4.69) is 13.8 Å². The van der Waals surface area contributed by atoms with Gasteiger partial charge < -0.3 is 9.47 Å². The first-order valence-corrected chi connectivity index (χ1v) is 7.11. The quantitative estimate of drug-likeness (QED) is 0.767. The van der Waals surface area contributed by atoms with Crippen molar-refractivity contribution >= 4 is 23.2 Å². The number of benzene rings is 1. The van der Waals surface area contributed by atoms with Gasteiger partial charge in [0.15, 0.2) is 11.5 Å². The molecule has 0 saturated carbocycles. The maximum Gasteiger partial charge on any atom is 0.162 e. The van der Waals surface area contributed by atoms with Gasteiger partial charge in [-0.3, -0.25) is 0 Å². The van der Waals surface area contributed by atoms with E-state index in [1.165, 1.54) is 0 Å². The van der Waals surface area contributed by atoms with E-state index in [1.807, 2.05) is 12.1 Å². The fraction of sp³-hybridized carbons (Fsp3) is 0.571. The van der Waals surface area contributed by atoms with Crippen LogP contribution in [0.15, 0.2) is 12.1 Å². The zero-order chi connectivity index (χ0) is 13.2. The molecule has 0 spiro atoms. The summed E-state index contributed by atoms with van der Waals surface area (Å²) in [5.41, 5.74) is 0.998. The lowest BCUT2D eigenvalue weighted by molar-refractivity contribution is 0.296. The minimum absolute atomic E-state index is 0.0659. The third-order valence-corrected chi connectivity index (χ3v) is 3.79. The van der Waals surface area contributed by atoms with Crippen LogP contribution in [0, 0.1) is 0 Å². The Morgan fingerprint density at radius 1 is 1.17 bits per heavy atom. The number of halogens is 2. The Kier molecular flexibility index (Phi) is 4.29. The second kappa shape index (κ2) is 5.58. The van der Waals surface area contributed by atoms with Crippen LogP contribution in [-0.2, 0) is 5.41 Å². The maximum absolute atomic E-state index is 6.36. The Balaban J connectivity index is 2.40. The third kappa shape index (κ3) is 2.86. The average Bonchev–Trinajstić information content (AvgIpc) is 2.52. The lowest BCUT2D eigenvalue weighted by Crippen LogP contribution is -2.18. The molecule has 0 amide bonds. The predicted octanol–water partition coefficient (Wildman–Crippen LogP) is 4.41. The fourth-order valence-corrected chi connectivity index (χ4v) is 2.96. The van der Waals surface area contributed by atoms with Crippen LogP contribution in [0.2, 0.25) is 5.02 Å². The standard InChI is InChI=1S/C14H18Cl2O2/c1-14(2,4-5-15)10-8-12-13(9-11(10)16)18-7-3-6-17-12/h8-9H,3-7H2,1-2H3. The SMILES string of the molecule is CC(C)(CCCl)c1cc2c(cc1Cl)OCCCO2. The van der Waals surface area contributed by atoms with E-state index in [9.17, 15) is 0 Å². The van der Waals surface area contributed by atoms with Crippen LogP contribution in [-0.4, -0.2) is 19.1 Å². The van der Waals surface area contributed by atoms with Crippen molar-refractivity contribution in [2.45, 2.75) is 32.1 Å². The first-order valence-electron chi connectivity index (χ1n) is 6.20. The highest BCUT2D eigenvalue weighted by atomic mass is 35.5. The molecule has 100 valence electrons. The molecule has 0 unspecified atom stereocenters. The van der Waals surface area contributed by atoms with Crippen molar-refractivity contribution in [2.75, 3.05) is 19.1 Å². The number of rotatable bonds is 3. The molecule has 0 aromatic heterocycles. The third-order valence-electron chi connectivity index (χ3n) is 3.29. The minimum atomic E-state index is -0.0659. The molecule has 18 heavy (non-hydrogen) atoms. The zero-order valence-corrected chi connectivity index (χ0v) is 12.3. The molecule has 2 rings (SSSR count). The van der Waals surface area contributed by atoms with Crippen LogP contribution in [0.4, 0.5) is 0 Å². The fourth-order valence-electron chi connectivity index (χ4n) is 2.07. The van der Waals surface area contributed by atoms with Gasteiger partial charge in [0.2, 0.25) is 0 Å². The predicted molar refractivity (Wildman–Crippen MR) is 75.4 cm³/mol. The van der Waals surface area contributed by atoms with Crippen molar-refractivity contribution < 1.29 is 9.47 Å². The molecular weight excluding hydrogens is 271 g/mol. The van der Waals surface area contributed by atoms with E-state index < -0.39 is 0 Å². The van der Waals surface area contributed by atoms with Gasteiger partial charge in [-0.05, 0) is 23.5 Å². The minimum Gasteiger partial charge on any atom is -0.490 e. The molecule has 1 aromatic carbocycles. The highest BCUT2D eigenvalue weighted by Crippen LogP contribution is 2.41. The van der Waals surface area contributed by atoms with E-state index in [0.29, 0.717) is 19.1 Å². The van der Waals surface area contributed by atoms with Crippen LogP contribution in [0.3, 0.4) is 0 Å². The topological polar surface area (TPSA) is 18.5 Å². The summed E-state index contributed by atoms with van der Waals surface area (Å²) in [6.07, 6.45) is 1.76. The molecule has 2 nitrogen and oxygen atoms in total. The maximum atomic E-state index is 6.36. The summed E-state index contributed by atoms with van der Waals surface area (Å²) in [4.78, 5) is 0. The Labute approximate surface area is 118 Å². The smallest absolute Gasteiger partial charge is 0.162 e. The van der Waals surface area contributed by atoms with Gasteiger partial charge >= 0.3 is 0 Å². The van der Waals surface area contributed by atoms with E-state index in [-0.39, 0.29) is 5.41 Å². The van der Waals surface area contributed by atoms with Gasteiger partial charge in [-0.2, -0.15) is 0 Å². The molecule has 1 aliphatic rings. The van der Waals surface area contributed by atoms with Crippen molar-refractivity contribution in [3.8, 4) is 11.5 Å². The van der Waals surface area contributed by atoms with Crippen LogP contribution in [0.5, 0.6) is 11.5 Å². The first-order chi connectivity index (χ1) is 8.54. The second-order valence-electron chi connectivity index (χ2n) is 5.15. The van der Waals surface area contributed by atoms with E-state index in [1.54, 1.807) is 0 Å². The Hall–Kier alpha value is -0.600. The summed E-state index contributed by atoms with van der Waals surface area (Å²) in [5, 5.41) is 0.717. The Bertz CT molecular complexity index is 430. The van der Waals surface area contributed by atoms with Gasteiger partial charge in [-0.15, -0.1) is 11.6 Å². The average molecular weight is 289 g/mol. The van der Waals surface area contributed by atoms with Crippen LogP contribution >= 0.6 is 23.2 Å². The molecule has 0 aliphatic carbocycles. The summed E-state index contributed by atoms with van der Waals surface area (Å²) >= 11 is 12.2. The molecule has 4 heteroatoms. The molecule has 0 fully saturated rings. The summed E-state index contributed by atoms with van der Waals surface area (Å²) in [6.45, 7) is 5.64. The molecule has 1 aliphatic heterocycles. The highest BCUT2D eigenvalue weighted by molar-refractivity contribution is 6.31. The number of alkyl halides is 1. The zero-order valence-electron chi connectivity index (χ0n) is 10.8. The molecule has 0 atom stereocenters. The summed E-state index contributed by atoms with van der Waals surface area (Å²) in [5.74, 6) is 2.13. The summed E-state index contributed by atoms with van der Waals surface area (Å²) in [6, 6.07) is 3.85. The van der Waals surface area contributed by atoms with Crippen molar-refractivity contribution in [2.24, 2.45) is 0 Å². The summed E-state index contributed by atoms with van der Waals surface area (Å²) < 4.78 is 11.3. The molecule has 0 N–H and O–H groups in total. The number of hydrogen-bond acceptors (Lipinski definition) is 2.